The topological polar surface area (TPSA) is 38.9 Å². The van der Waals surface area contributed by atoms with E-state index >= 15 is 0 Å². The van der Waals surface area contributed by atoms with Gasteiger partial charge in [0.15, 0.2) is 0 Å². The molecule has 0 amide bonds. The molecule has 90 valence electrons. The molecular weight excluding hydrogens is 296 g/mol. The summed E-state index contributed by atoms with van der Waals surface area (Å²) in [7, 11) is 0. The number of hydrogen-bond acceptors (Lipinski definition) is 3. The minimum absolute atomic E-state index is 0.398. The second-order valence-electron chi connectivity index (χ2n) is 4.46. The van der Waals surface area contributed by atoms with Gasteiger partial charge >= 0.3 is 0 Å². The Morgan fingerprint density at radius 2 is 2.12 bits per heavy atom. The molecule has 0 saturated heterocycles. The van der Waals surface area contributed by atoms with Crippen LogP contribution in [0.2, 0.25) is 0 Å². The van der Waals surface area contributed by atoms with E-state index < -0.39 is 5.54 Å². The molecular formula is C13H15BrN2S. The normalized spacial score (nSPS) is 14.6. The fourth-order valence-corrected chi connectivity index (χ4v) is 3.49. The summed E-state index contributed by atoms with van der Waals surface area (Å²) in [5.74, 6) is 0. The van der Waals surface area contributed by atoms with Gasteiger partial charge < -0.3 is 5.73 Å². The van der Waals surface area contributed by atoms with Crippen molar-refractivity contribution in [1.82, 2.24) is 4.98 Å². The Hall–Kier alpha value is -0.710. The molecule has 0 aliphatic carbocycles. The lowest BCUT2D eigenvalue weighted by atomic mass is 9.90. The van der Waals surface area contributed by atoms with Crippen LogP contribution in [0.4, 0.5) is 0 Å². The van der Waals surface area contributed by atoms with Crippen LogP contribution >= 0.6 is 27.3 Å². The molecule has 1 heterocycles. The molecule has 0 aliphatic heterocycles. The second-order valence-corrected chi connectivity index (χ2v) is 6.25. The summed E-state index contributed by atoms with van der Waals surface area (Å²) in [4.78, 5) is 4.47. The zero-order valence-electron chi connectivity index (χ0n) is 9.90. The van der Waals surface area contributed by atoms with Crippen LogP contribution in [-0.4, -0.2) is 4.98 Å². The molecule has 2 aromatic rings. The summed E-state index contributed by atoms with van der Waals surface area (Å²) in [5.41, 5.74) is 8.20. The molecule has 2 N–H and O–H groups in total. The molecule has 0 spiro atoms. The third kappa shape index (κ3) is 2.94. The first-order chi connectivity index (χ1) is 7.99. The minimum Gasteiger partial charge on any atom is -0.321 e. The first-order valence-corrected chi connectivity index (χ1v) is 7.11. The van der Waals surface area contributed by atoms with Gasteiger partial charge in [-0.05, 0) is 25.5 Å². The van der Waals surface area contributed by atoms with Gasteiger partial charge in [0, 0.05) is 27.5 Å². The molecule has 1 unspecified atom stereocenters. The molecule has 1 atom stereocenters. The molecule has 0 radical (unpaired) electrons. The van der Waals surface area contributed by atoms with Crippen LogP contribution in [-0.2, 0) is 12.0 Å². The summed E-state index contributed by atoms with van der Waals surface area (Å²) in [5, 5.41) is 3.15. The summed E-state index contributed by atoms with van der Waals surface area (Å²) in [6.07, 6.45) is 0.758. The summed E-state index contributed by atoms with van der Waals surface area (Å²) < 4.78 is 1.05. The molecule has 1 aromatic carbocycles. The van der Waals surface area contributed by atoms with Crippen LogP contribution in [0.25, 0.3) is 0 Å². The van der Waals surface area contributed by atoms with E-state index in [1.54, 1.807) is 11.3 Å². The summed E-state index contributed by atoms with van der Waals surface area (Å²) >= 11 is 5.22. The van der Waals surface area contributed by atoms with Crippen molar-refractivity contribution in [2.24, 2.45) is 5.73 Å². The SMILES string of the molecule is Cc1csc(CC(C)(N)c2ccccc2Br)n1. The molecule has 0 aliphatic rings. The Balaban J connectivity index is 2.27. The molecule has 0 bridgehead atoms. The molecule has 17 heavy (non-hydrogen) atoms. The Labute approximate surface area is 114 Å². The predicted molar refractivity (Wildman–Crippen MR) is 76.2 cm³/mol. The lowest BCUT2D eigenvalue weighted by Gasteiger charge is -2.25. The van der Waals surface area contributed by atoms with E-state index in [2.05, 4.69) is 32.4 Å². The van der Waals surface area contributed by atoms with E-state index in [-0.39, 0.29) is 0 Å². The van der Waals surface area contributed by atoms with Crippen LogP contribution in [0.15, 0.2) is 34.1 Å². The zero-order valence-corrected chi connectivity index (χ0v) is 12.3. The quantitative estimate of drug-likeness (QED) is 0.940. The van der Waals surface area contributed by atoms with Crippen molar-refractivity contribution in [3.8, 4) is 0 Å². The van der Waals surface area contributed by atoms with Gasteiger partial charge in [0.1, 0.15) is 0 Å². The lowest BCUT2D eigenvalue weighted by molar-refractivity contribution is 0.487. The minimum atomic E-state index is -0.398. The van der Waals surface area contributed by atoms with Gasteiger partial charge in [0.2, 0.25) is 0 Å². The fraction of sp³-hybridized carbons (Fsp3) is 0.308. The third-order valence-electron chi connectivity index (χ3n) is 2.67. The number of nitrogens with two attached hydrogens (primary N) is 1. The monoisotopic (exact) mass is 310 g/mol. The first-order valence-electron chi connectivity index (χ1n) is 5.44. The molecule has 2 nitrogen and oxygen atoms in total. The van der Waals surface area contributed by atoms with Gasteiger partial charge in [-0.1, -0.05) is 34.1 Å². The van der Waals surface area contributed by atoms with E-state index in [1.807, 2.05) is 32.0 Å². The molecule has 4 heteroatoms. The van der Waals surface area contributed by atoms with Gasteiger partial charge in [-0.2, -0.15) is 0 Å². The molecule has 2 rings (SSSR count). The maximum Gasteiger partial charge on any atom is 0.0949 e. The van der Waals surface area contributed by atoms with Crippen molar-refractivity contribution in [1.29, 1.82) is 0 Å². The van der Waals surface area contributed by atoms with Crippen molar-refractivity contribution < 1.29 is 0 Å². The highest BCUT2D eigenvalue weighted by molar-refractivity contribution is 9.10. The molecule has 0 saturated carbocycles. The van der Waals surface area contributed by atoms with Gasteiger partial charge in [0.25, 0.3) is 0 Å². The van der Waals surface area contributed by atoms with E-state index in [9.17, 15) is 0 Å². The zero-order chi connectivity index (χ0) is 12.5. The van der Waals surface area contributed by atoms with E-state index in [4.69, 9.17) is 5.73 Å². The number of aryl methyl sites for hydroxylation is 1. The lowest BCUT2D eigenvalue weighted by Crippen LogP contribution is -2.35. The van der Waals surface area contributed by atoms with E-state index in [0.717, 1.165) is 27.2 Å². The Morgan fingerprint density at radius 1 is 1.41 bits per heavy atom. The fourth-order valence-electron chi connectivity index (χ4n) is 1.82. The maximum absolute atomic E-state index is 6.42. The molecule has 0 fully saturated rings. The average Bonchev–Trinajstić information content (AvgIpc) is 2.63. The first kappa shape index (κ1) is 12.7. The highest BCUT2D eigenvalue weighted by Gasteiger charge is 2.25. The maximum atomic E-state index is 6.42. The number of hydrogen-bond donors (Lipinski definition) is 1. The van der Waals surface area contributed by atoms with Crippen LogP contribution in [0.5, 0.6) is 0 Å². The highest BCUT2D eigenvalue weighted by Crippen LogP contribution is 2.29. The van der Waals surface area contributed by atoms with Crippen LogP contribution < -0.4 is 5.73 Å². The number of benzene rings is 1. The van der Waals surface area contributed by atoms with E-state index in [1.165, 1.54) is 0 Å². The highest BCUT2D eigenvalue weighted by atomic mass is 79.9. The van der Waals surface area contributed by atoms with Crippen LogP contribution in [0, 0.1) is 6.92 Å². The van der Waals surface area contributed by atoms with Crippen molar-refractivity contribution in [2.75, 3.05) is 0 Å². The Morgan fingerprint density at radius 3 is 2.71 bits per heavy atom. The van der Waals surface area contributed by atoms with Gasteiger partial charge in [-0.3, -0.25) is 0 Å². The van der Waals surface area contributed by atoms with Crippen LogP contribution in [0.3, 0.4) is 0 Å². The van der Waals surface area contributed by atoms with Crippen LogP contribution in [0.1, 0.15) is 23.2 Å². The third-order valence-corrected chi connectivity index (χ3v) is 4.33. The standard InChI is InChI=1S/C13H15BrN2S/c1-9-8-17-12(16-9)7-13(2,15)10-5-3-4-6-11(10)14/h3-6,8H,7,15H2,1-2H3. The largest absolute Gasteiger partial charge is 0.321 e. The predicted octanol–water partition coefficient (Wildman–Crippen LogP) is 3.63. The molecule has 1 aromatic heterocycles. The smallest absolute Gasteiger partial charge is 0.0949 e. The number of aromatic nitrogens is 1. The Bertz CT molecular complexity index is 520. The summed E-state index contributed by atoms with van der Waals surface area (Å²) in [6, 6.07) is 8.09. The number of halogens is 1. The van der Waals surface area contributed by atoms with Crippen molar-refractivity contribution >= 4 is 27.3 Å². The summed E-state index contributed by atoms with van der Waals surface area (Å²) in [6.45, 7) is 4.05. The van der Waals surface area contributed by atoms with Crippen molar-refractivity contribution in [3.63, 3.8) is 0 Å². The van der Waals surface area contributed by atoms with Gasteiger partial charge in [-0.25, -0.2) is 4.98 Å². The van der Waals surface area contributed by atoms with Crippen molar-refractivity contribution in [2.45, 2.75) is 25.8 Å². The Kier molecular flexibility index (Phi) is 3.66. The average molecular weight is 311 g/mol. The van der Waals surface area contributed by atoms with E-state index in [0.29, 0.717) is 0 Å². The number of rotatable bonds is 3. The second kappa shape index (κ2) is 4.88. The van der Waals surface area contributed by atoms with Crippen molar-refractivity contribution in [3.05, 3.63) is 50.4 Å². The number of nitrogens with zero attached hydrogens (tertiary/aromatic N) is 1. The van der Waals surface area contributed by atoms with Gasteiger partial charge in [0.05, 0.1) is 5.01 Å². The number of thiazole rings is 1. The van der Waals surface area contributed by atoms with Gasteiger partial charge in [-0.15, -0.1) is 11.3 Å².